The molecule has 90 valence electrons. The lowest BCUT2D eigenvalue weighted by Crippen LogP contribution is -2.20. The molecule has 3 atom stereocenters. The Morgan fingerprint density at radius 2 is 2.29 bits per heavy atom. The Morgan fingerprint density at radius 1 is 1.59 bits per heavy atom. The molecule has 0 bridgehead atoms. The highest BCUT2D eigenvalue weighted by molar-refractivity contribution is 6.44. The van der Waals surface area contributed by atoms with Crippen LogP contribution in [0.4, 0.5) is 0 Å². The van der Waals surface area contributed by atoms with Crippen LogP contribution in [-0.4, -0.2) is 13.1 Å². The highest BCUT2D eigenvalue weighted by Crippen LogP contribution is 2.60. The van der Waals surface area contributed by atoms with Gasteiger partial charge in [-0.25, -0.2) is 0 Å². The summed E-state index contributed by atoms with van der Waals surface area (Å²) >= 11 is 11.8. The van der Waals surface area contributed by atoms with Gasteiger partial charge in [0, 0.05) is 5.92 Å². The third kappa shape index (κ3) is 1.96. The summed E-state index contributed by atoms with van der Waals surface area (Å²) in [4.78, 5) is 11.5. The van der Waals surface area contributed by atoms with Crippen molar-refractivity contribution in [2.75, 3.05) is 7.11 Å². The second-order valence-electron chi connectivity index (χ2n) is 4.34. The Morgan fingerprint density at radius 3 is 2.82 bits per heavy atom. The first-order valence-electron chi connectivity index (χ1n) is 5.27. The highest BCUT2D eigenvalue weighted by Gasteiger charge is 2.63. The van der Waals surface area contributed by atoms with E-state index in [-0.39, 0.29) is 17.8 Å². The number of ether oxygens (including phenoxy) is 1. The van der Waals surface area contributed by atoms with Gasteiger partial charge >= 0.3 is 5.97 Å². The molecular formula is C12H11Cl2NO2. The minimum absolute atomic E-state index is 0.0633. The van der Waals surface area contributed by atoms with E-state index in [1.54, 1.807) is 12.2 Å². The summed E-state index contributed by atoms with van der Waals surface area (Å²) in [5.74, 6) is -0.725. The maximum absolute atomic E-state index is 11.5. The predicted octanol–water partition coefficient (Wildman–Crippen LogP) is 2.95. The SMILES string of the molecule is COC(=O)C1C[C@]1(C#N)C1C=C(Cl)C(Cl)=CC1. The lowest BCUT2D eigenvalue weighted by atomic mass is 9.83. The molecule has 0 heterocycles. The Hall–Kier alpha value is -0.980. The van der Waals surface area contributed by atoms with Gasteiger partial charge in [-0.2, -0.15) is 5.26 Å². The standard InChI is InChI=1S/C12H11Cl2NO2/c1-17-11(16)8-5-12(8,6-15)7-2-3-9(13)10(14)4-7/h3-4,7-8H,2,5H2,1H3/t7?,8?,12-/m0/s1. The van der Waals surface area contributed by atoms with E-state index < -0.39 is 5.41 Å². The van der Waals surface area contributed by atoms with Crippen LogP contribution < -0.4 is 0 Å². The fourth-order valence-electron chi connectivity index (χ4n) is 2.34. The van der Waals surface area contributed by atoms with Crippen molar-refractivity contribution in [3.05, 3.63) is 22.2 Å². The molecule has 0 aromatic carbocycles. The fraction of sp³-hybridized carbons (Fsp3) is 0.500. The summed E-state index contributed by atoms with van der Waals surface area (Å²) < 4.78 is 4.68. The van der Waals surface area contributed by atoms with Gasteiger partial charge in [0.2, 0.25) is 0 Å². The molecule has 5 heteroatoms. The summed E-state index contributed by atoms with van der Waals surface area (Å²) in [6.45, 7) is 0. The highest BCUT2D eigenvalue weighted by atomic mass is 35.5. The third-order valence-corrected chi connectivity index (χ3v) is 4.27. The molecule has 0 radical (unpaired) electrons. The lowest BCUT2D eigenvalue weighted by molar-refractivity contribution is -0.143. The van der Waals surface area contributed by atoms with Crippen molar-refractivity contribution in [2.45, 2.75) is 12.8 Å². The molecule has 17 heavy (non-hydrogen) atoms. The second-order valence-corrected chi connectivity index (χ2v) is 5.16. The summed E-state index contributed by atoms with van der Waals surface area (Å²) in [7, 11) is 1.34. The fourth-order valence-corrected chi connectivity index (χ4v) is 2.72. The molecule has 1 fully saturated rings. The summed E-state index contributed by atoms with van der Waals surface area (Å²) in [6.07, 6.45) is 4.74. The number of esters is 1. The van der Waals surface area contributed by atoms with Crippen LogP contribution in [0.1, 0.15) is 12.8 Å². The van der Waals surface area contributed by atoms with E-state index in [0.717, 1.165) is 0 Å². The van der Waals surface area contributed by atoms with Crippen molar-refractivity contribution in [1.29, 1.82) is 5.26 Å². The molecule has 2 aliphatic rings. The van der Waals surface area contributed by atoms with E-state index in [2.05, 4.69) is 10.8 Å². The van der Waals surface area contributed by atoms with E-state index in [1.807, 2.05) is 0 Å². The number of hydrogen-bond donors (Lipinski definition) is 0. The number of carbonyl (C=O) groups excluding carboxylic acids is 1. The summed E-state index contributed by atoms with van der Waals surface area (Å²) in [5, 5.41) is 10.2. The molecule has 0 N–H and O–H groups in total. The van der Waals surface area contributed by atoms with E-state index in [0.29, 0.717) is 22.9 Å². The predicted molar refractivity (Wildman–Crippen MR) is 64.1 cm³/mol. The van der Waals surface area contributed by atoms with Crippen molar-refractivity contribution in [2.24, 2.45) is 17.3 Å². The number of allylic oxidation sites excluding steroid dienone is 4. The largest absolute Gasteiger partial charge is 0.469 e. The van der Waals surface area contributed by atoms with E-state index >= 15 is 0 Å². The van der Waals surface area contributed by atoms with Crippen LogP contribution in [0.2, 0.25) is 0 Å². The van der Waals surface area contributed by atoms with Crippen LogP contribution in [0, 0.1) is 28.6 Å². The zero-order valence-corrected chi connectivity index (χ0v) is 10.8. The molecule has 0 saturated heterocycles. The van der Waals surface area contributed by atoms with Crippen LogP contribution in [0.5, 0.6) is 0 Å². The van der Waals surface area contributed by atoms with Gasteiger partial charge in [-0.05, 0) is 12.8 Å². The Balaban J connectivity index is 2.19. The molecule has 0 spiro atoms. The number of nitriles is 1. The van der Waals surface area contributed by atoms with Gasteiger partial charge in [0.05, 0.1) is 34.6 Å². The molecular weight excluding hydrogens is 261 g/mol. The minimum Gasteiger partial charge on any atom is -0.469 e. The van der Waals surface area contributed by atoms with E-state index in [9.17, 15) is 10.1 Å². The van der Waals surface area contributed by atoms with Gasteiger partial charge in [-0.1, -0.05) is 35.4 Å². The number of methoxy groups -OCH3 is 1. The maximum atomic E-state index is 11.5. The molecule has 2 unspecified atom stereocenters. The van der Waals surface area contributed by atoms with Gasteiger partial charge < -0.3 is 4.74 Å². The smallest absolute Gasteiger partial charge is 0.310 e. The average molecular weight is 272 g/mol. The van der Waals surface area contributed by atoms with Gasteiger partial charge in [0.1, 0.15) is 0 Å². The van der Waals surface area contributed by atoms with Crippen molar-refractivity contribution in [3.63, 3.8) is 0 Å². The maximum Gasteiger partial charge on any atom is 0.310 e. The minimum atomic E-state index is -0.665. The zero-order valence-electron chi connectivity index (χ0n) is 9.24. The number of hydrogen-bond acceptors (Lipinski definition) is 3. The first-order valence-corrected chi connectivity index (χ1v) is 6.03. The molecule has 0 aromatic rings. The number of halogens is 2. The van der Waals surface area contributed by atoms with Crippen molar-refractivity contribution < 1.29 is 9.53 Å². The van der Waals surface area contributed by atoms with Crippen LogP contribution in [0.25, 0.3) is 0 Å². The van der Waals surface area contributed by atoms with Crippen molar-refractivity contribution in [1.82, 2.24) is 0 Å². The third-order valence-electron chi connectivity index (χ3n) is 3.49. The number of nitrogens with zero attached hydrogens (tertiary/aromatic N) is 1. The number of rotatable bonds is 2. The molecule has 2 aliphatic carbocycles. The Bertz CT molecular complexity index is 464. The second kappa shape index (κ2) is 4.36. The first kappa shape index (κ1) is 12.5. The zero-order chi connectivity index (χ0) is 12.6. The summed E-state index contributed by atoms with van der Waals surface area (Å²) in [6, 6.07) is 2.25. The molecule has 0 amide bonds. The Labute approximate surface area is 110 Å². The van der Waals surface area contributed by atoms with Gasteiger partial charge in [0.25, 0.3) is 0 Å². The van der Waals surface area contributed by atoms with Crippen LogP contribution in [0.15, 0.2) is 22.2 Å². The topological polar surface area (TPSA) is 50.1 Å². The van der Waals surface area contributed by atoms with Gasteiger partial charge in [-0.15, -0.1) is 0 Å². The molecule has 0 aromatic heterocycles. The first-order chi connectivity index (χ1) is 8.05. The quantitative estimate of drug-likeness (QED) is 0.726. The van der Waals surface area contributed by atoms with Crippen LogP contribution in [0.3, 0.4) is 0 Å². The van der Waals surface area contributed by atoms with E-state index in [4.69, 9.17) is 23.2 Å². The summed E-state index contributed by atoms with van der Waals surface area (Å²) in [5.41, 5.74) is -0.665. The molecule has 1 saturated carbocycles. The Kier molecular flexibility index (Phi) is 3.20. The molecule has 2 rings (SSSR count). The number of carbonyl (C=O) groups is 1. The van der Waals surface area contributed by atoms with E-state index in [1.165, 1.54) is 7.11 Å². The molecule has 0 aliphatic heterocycles. The molecule has 3 nitrogen and oxygen atoms in total. The van der Waals surface area contributed by atoms with Gasteiger partial charge in [0.15, 0.2) is 0 Å². The normalized spacial score (nSPS) is 35.4. The van der Waals surface area contributed by atoms with Crippen molar-refractivity contribution in [3.8, 4) is 6.07 Å². The average Bonchev–Trinajstić information content (AvgIpc) is 3.07. The van der Waals surface area contributed by atoms with Gasteiger partial charge in [-0.3, -0.25) is 4.79 Å². The van der Waals surface area contributed by atoms with Crippen LogP contribution in [-0.2, 0) is 9.53 Å². The monoisotopic (exact) mass is 271 g/mol. The van der Waals surface area contributed by atoms with Crippen LogP contribution >= 0.6 is 23.2 Å². The van der Waals surface area contributed by atoms with Crippen molar-refractivity contribution >= 4 is 29.2 Å². The lowest BCUT2D eigenvalue weighted by Gasteiger charge is -2.21.